The fraction of sp³-hybridized carbons (Fsp3) is 0.211. The van der Waals surface area contributed by atoms with Gasteiger partial charge in [-0.05, 0) is 37.6 Å². The first-order valence-corrected chi connectivity index (χ1v) is 7.50. The molecule has 0 atom stereocenters. The molecule has 24 heavy (non-hydrogen) atoms. The van der Waals surface area contributed by atoms with E-state index in [0.717, 1.165) is 5.56 Å². The Labute approximate surface area is 139 Å². The van der Waals surface area contributed by atoms with Crippen LogP contribution < -0.4 is 9.47 Å². The van der Waals surface area contributed by atoms with Crippen LogP contribution in [0.25, 0.3) is 6.08 Å². The second-order valence-electron chi connectivity index (χ2n) is 5.08. The van der Waals surface area contributed by atoms with Gasteiger partial charge in [0.1, 0.15) is 0 Å². The zero-order valence-corrected chi connectivity index (χ0v) is 13.5. The van der Waals surface area contributed by atoms with Crippen molar-refractivity contribution in [2.75, 3.05) is 6.61 Å². The van der Waals surface area contributed by atoms with Gasteiger partial charge in [-0.3, -0.25) is 4.79 Å². The fourth-order valence-electron chi connectivity index (χ4n) is 2.08. The lowest BCUT2D eigenvalue weighted by atomic mass is 10.1. The van der Waals surface area contributed by atoms with Crippen molar-refractivity contribution in [3.8, 4) is 11.5 Å². The van der Waals surface area contributed by atoms with Crippen molar-refractivity contribution in [2.45, 2.75) is 20.5 Å². The number of allylic oxidation sites excluding steroid dienone is 1. The number of ketones is 1. The number of alkyl halides is 2. The molecular formula is C19H18F2O3. The van der Waals surface area contributed by atoms with Crippen LogP contribution in [0.3, 0.4) is 0 Å². The number of halogens is 2. The molecule has 0 N–H and O–H groups in total. The SMILES string of the molecule is CCOc1cc(C=CC(=O)c2ccc(C)cc2)ccc1OC(F)F. The van der Waals surface area contributed by atoms with Crippen LogP contribution in [0.5, 0.6) is 11.5 Å². The summed E-state index contributed by atoms with van der Waals surface area (Å²) in [6.45, 7) is 1.08. The molecule has 0 amide bonds. The summed E-state index contributed by atoms with van der Waals surface area (Å²) in [7, 11) is 0. The minimum atomic E-state index is -2.92. The van der Waals surface area contributed by atoms with Gasteiger partial charge in [-0.2, -0.15) is 8.78 Å². The summed E-state index contributed by atoms with van der Waals surface area (Å²) >= 11 is 0. The maximum atomic E-state index is 12.4. The zero-order valence-electron chi connectivity index (χ0n) is 13.5. The number of carbonyl (C=O) groups is 1. The Morgan fingerprint density at radius 2 is 1.83 bits per heavy atom. The van der Waals surface area contributed by atoms with Gasteiger partial charge in [0.15, 0.2) is 17.3 Å². The van der Waals surface area contributed by atoms with E-state index in [1.165, 1.54) is 12.1 Å². The number of hydrogen-bond acceptors (Lipinski definition) is 3. The molecule has 2 rings (SSSR count). The molecule has 0 radical (unpaired) electrons. The van der Waals surface area contributed by atoms with Crippen LogP contribution in [0.1, 0.15) is 28.4 Å². The van der Waals surface area contributed by atoms with E-state index in [2.05, 4.69) is 4.74 Å². The van der Waals surface area contributed by atoms with Gasteiger partial charge in [-0.15, -0.1) is 0 Å². The number of rotatable bonds is 7. The summed E-state index contributed by atoms with van der Waals surface area (Å²) in [5.74, 6) is 0.0393. The Balaban J connectivity index is 2.17. The van der Waals surface area contributed by atoms with Crippen molar-refractivity contribution in [3.05, 3.63) is 65.2 Å². The molecule has 5 heteroatoms. The minimum Gasteiger partial charge on any atom is -0.490 e. The maximum Gasteiger partial charge on any atom is 0.387 e. The molecule has 0 aromatic heterocycles. The van der Waals surface area contributed by atoms with E-state index >= 15 is 0 Å². The molecule has 0 aliphatic rings. The van der Waals surface area contributed by atoms with E-state index in [4.69, 9.17) is 4.74 Å². The molecule has 0 spiro atoms. The number of hydrogen-bond donors (Lipinski definition) is 0. The molecule has 2 aromatic rings. The maximum absolute atomic E-state index is 12.4. The molecular weight excluding hydrogens is 314 g/mol. The summed E-state index contributed by atoms with van der Waals surface area (Å²) in [6.07, 6.45) is 3.04. The van der Waals surface area contributed by atoms with E-state index in [9.17, 15) is 13.6 Å². The fourth-order valence-corrected chi connectivity index (χ4v) is 2.08. The second kappa shape index (κ2) is 8.24. The molecule has 0 saturated carbocycles. The quantitative estimate of drug-likeness (QED) is 0.535. The largest absolute Gasteiger partial charge is 0.490 e. The molecule has 0 fully saturated rings. The van der Waals surface area contributed by atoms with Gasteiger partial charge < -0.3 is 9.47 Å². The number of carbonyl (C=O) groups excluding carboxylic acids is 1. The molecule has 0 bridgehead atoms. The lowest BCUT2D eigenvalue weighted by Gasteiger charge is -2.11. The summed E-state index contributed by atoms with van der Waals surface area (Å²) in [5.41, 5.74) is 2.31. The van der Waals surface area contributed by atoms with E-state index in [1.807, 2.05) is 19.1 Å². The highest BCUT2D eigenvalue weighted by Crippen LogP contribution is 2.30. The molecule has 2 aromatic carbocycles. The predicted molar refractivity (Wildman–Crippen MR) is 88.8 cm³/mol. The Morgan fingerprint density at radius 1 is 1.12 bits per heavy atom. The van der Waals surface area contributed by atoms with Crippen molar-refractivity contribution in [2.24, 2.45) is 0 Å². The van der Waals surface area contributed by atoms with Gasteiger partial charge in [0.05, 0.1) is 6.61 Å². The first-order valence-electron chi connectivity index (χ1n) is 7.50. The minimum absolute atomic E-state index is 0.0335. The van der Waals surface area contributed by atoms with Crippen molar-refractivity contribution < 1.29 is 23.0 Å². The van der Waals surface area contributed by atoms with E-state index in [-0.39, 0.29) is 17.3 Å². The predicted octanol–water partition coefficient (Wildman–Crippen LogP) is 4.89. The van der Waals surface area contributed by atoms with E-state index < -0.39 is 6.61 Å². The van der Waals surface area contributed by atoms with Crippen LogP contribution in [0.15, 0.2) is 48.5 Å². The van der Waals surface area contributed by atoms with Crippen molar-refractivity contribution in [3.63, 3.8) is 0 Å². The molecule has 0 aliphatic carbocycles. The van der Waals surface area contributed by atoms with E-state index in [1.54, 1.807) is 37.3 Å². The molecule has 0 heterocycles. The monoisotopic (exact) mass is 332 g/mol. The normalized spacial score (nSPS) is 11.0. The number of ether oxygens (including phenoxy) is 2. The third kappa shape index (κ3) is 4.91. The average Bonchev–Trinajstić information content (AvgIpc) is 2.55. The molecule has 0 aliphatic heterocycles. The van der Waals surface area contributed by atoms with Gasteiger partial charge >= 0.3 is 6.61 Å². The first kappa shape index (κ1) is 17.7. The van der Waals surface area contributed by atoms with Crippen LogP contribution in [0.4, 0.5) is 8.78 Å². The van der Waals surface area contributed by atoms with Crippen molar-refractivity contribution in [1.82, 2.24) is 0 Å². The Hall–Kier alpha value is -2.69. The standard InChI is InChI=1S/C19H18F2O3/c1-3-23-18-12-14(7-11-17(18)24-19(20)21)6-10-16(22)15-8-4-13(2)5-9-15/h4-12,19H,3H2,1-2H3. The van der Waals surface area contributed by atoms with Crippen LogP contribution in [0.2, 0.25) is 0 Å². The lowest BCUT2D eigenvalue weighted by Crippen LogP contribution is -2.04. The highest BCUT2D eigenvalue weighted by molar-refractivity contribution is 6.06. The first-order chi connectivity index (χ1) is 11.5. The van der Waals surface area contributed by atoms with E-state index in [0.29, 0.717) is 17.7 Å². The third-order valence-electron chi connectivity index (χ3n) is 3.25. The van der Waals surface area contributed by atoms with Crippen LogP contribution in [0, 0.1) is 6.92 Å². The third-order valence-corrected chi connectivity index (χ3v) is 3.25. The van der Waals surface area contributed by atoms with Crippen molar-refractivity contribution >= 4 is 11.9 Å². The number of aryl methyl sites for hydroxylation is 1. The van der Waals surface area contributed by atoms with Crippen LogP contribution >= 0.6 is 0 Å². The summed E-state index contributed by atoms with van der Waals surface area (Å²) in [4.78, 5) is 12.1. The Bertz CT molecular complexity index is 722. The molecule has 0 saturated heterocycles. The summed E-state index contributed by atoms with van der Waals surface area (Å²) in [5, 5.41) is 0. The average molecular weight is 332 g/mol. The Kier molecular flexibility index (Phi) is 6.07. The van der Waals surface area contributed by atoms with Gasteiger partial charge in [-0.25, -0.2) is 0 Å². The highest BCUT2D eigenvalue weighted by Gasteiger charge is 2.11. The number of benzene rings is 2. The Morgan fingerprint density at radius 3 is 2.46 bits per heavy atom. The molecule has 3 nitrogen and oxygen atoms in total. The topological polar surface area (TPSA) is 35.5 Å². The van der Waals surface area contributed by atoms with Gasteiger partial charge in [0.2, 0.25) is 0 Å². The summed E-state index contributed by atoms with van der Waals surface area (Å²) < 4.78 is 34.5. The van der Waals surface area contributed by atoms with Gasteiger partial charge in [0, 0.05) is 5.56 Å². The smallest absolute Gasteiger partial charge is 0.387 e. The summed E-state index contributed by atoms with van der Waals surface area (Å²) in [6, 6.07) is 11.8. The molecule has 126 valence electrons. The van der Waals surface area contributed by atoms with Crippen LogP contribution in [-0.2, 0) is 0 Å². The lowest BCUT2D eigenvalue weighted by molar-refractivity contribution is -0.0514. The second-order valence-corrected chi connectivity index (χ2v) is 5.08. The zero-order chi connectivity index (χ0) is 17.5. The van der Waals surface area contributed by atoms with Crippen molar-refractivity contribution in [1.29, 1.82) is 0 Å². The van der Waals surface area contributed by atoms with Gasteiger partial charge in [-0.1, -0.05) is 42.0 Å². The molecule has 0 unspecified atom stereocenters. The van der Waals surface area contributed by atoms with Gasteiger partial charge in [0.25, 0.3) is 0 Å². The highest BCUT2D eigenvalue weighted by atomic mass is 19.3. The van der Waals surface area contributed by atoms with Crippen LogP contribution in [-0.4, -0.2) is 19.0 Å².